The molecule has 16 heavy (non-hydrogen) atoms. The second-order valence-electron chi connectivity index (χ2n) is 3.91. The van der Waals surface area contributed by atoms with Crippen LogP contribution in [-0.2, 0) is 0 Å². The fourth-order valence-corrected chi connectivity index (χ4v) is 3.52. The molecule has 2 rings (SSSR count). The molecule has 0 fully saturated rings. The second kappa shape index (κ2) is 5.03. The van der Waals surface area contributed by atoms with Gasteiger partial charge >= 0.3 is 0 Å². The zero-order chi connectivity index (χ0) is 11.5. The van der Waals surface area contributed by atoms with E-state index in [9.17, 15) is 0 Å². The van der Waals surface area contributed by atoms with E-state index < -0.39 is 0 Å². The Balaban J connectivity index is 2.37. The third-order valence-electron chi connectivity index (χ3n) is 2.47. The number of nitrogens with one attached hydrogen (secondary N) is 1. The highest BCUT2D eigenvalue weighted by Crippen LogP contribution is 2.32. The molecular weight excluding hydrogens is 238 g/mol. The van der Waals surface area contributed by atoms with E-state index in [1.54, 1.807) is 11.3 Å². The molecule has 86 valence electrons. The van der Waals surface area contributed by atoms with E-state index in [4.69, 9.17) is 0 Å². The van der Waals surface area contributed by atoms with Gasteiger partial charge in [0.2, 0.25) is 0 Å². The Bertz CT molecular complexity index is 434. The molecule has 0 aliphatic heterocycles. The van der Waals surface area contributed by atoms with Crippen molar-refractivity contribution in [3.63, 3.8) is 0 Å². The molecule has 1 atom stereocenters. The van der Waals surface area contributed by atoms with Crippen LogP contribution in [0.5, 0.6) is 0 Å². The summed E-state index contributed by atoms with van der Waals surface area (Å²) in [6.07, 6.45) is 0. The average Bonchev–Trinajstić information content (AvgIpc) is 2.88. The molecule has 0 aromatic carbocycles. The highest BCUT2D eigenvalue weighted by atomic mass is 32.1. The smallest absolute Gasteiger partial charge is 0.0832 e. The van der Waals surface area contributed by atoms with Gasteiger partial charge < -0.3 is 5.32 Å². The molecule has 1 unspecified atom stereocenters. The van der Waals surface area contributed by atoms with Gasteiger partial charge in [-0.1, -0.05) is 24.4 Å². The highest BCUT2D eigenvalue weighted by Gasteiger charge is 2.21. The number of aromatic nitrogens is 2. The number of hydrogen-bond acceptors (Lipinski definition) is 5. The number of rotatable bonds is 4. The van der Waals surface area contributed by atoms with Gasteiger partial charge in [0.1, 0.15) is 0 Å². The molecular formula is C11H15N3S2. The van der Waals surface area contributed by atoms with Crippen molar-refractivity contribution >= 4 is 22.9 Å². The molecule has 3 nitrogen and oxygen atoms in total. The van der Waals surface area contributed by atoms with E-state index in [0.29, 0.717) is 5.92 Å². The Morgan fingerprint density at radius 1 is 1.38 bits per heavy atom. The van der Waals surface area contributed by atoms with Crippen molar-refractivity contribution in [1.29, 1.82) is 0 Å². The highest BCUT2D eigenvalue weighted by molar-refractivity contribution is 7.10. The van der Waals surface area contributed by atoms with Crippen LogP contribution in [0.3, 0.4) is 0 Å². The zero-order valence-corrected chi connectivity index (χ0v) is 11.2. The first-order valence-corrected chi connectivity index (χ1v) is 6.92. The lowest BCUT2D eigenvalue weighted by molar-refractivity contribution is 0.688. The van der Waals surface area contributed by atoms with Crippen LogP contribution in [0.15, 0.2) is 17.5 Å². The van der Waals surface area contributed by atoms with E-state index in [1.807, 2.05) is 7.05 Å². The molecule has 2 aromatic heterocycles. The Morgan fingerprint density at radius 3 is 2.75 bits per heavy atom. The van der Waals surface area contributed by atoms with Crippen LogP contribution >= 0.6 is 22.9 Å². The molecule has 0 aliphatic rings. The van der Waals surface area contributed by atoms with Crippen LogP contribution in [0.4, 0.5) is 0 Å². The fraction of sp³-hybridized carbons (Fsp3) is 0.455. The van der Waals surface area contributed by atoms with Crippen molar-refractivity contribution in [1.82, 2.24) is 14.9 Å². The Morgan fingerprint density at radius 2 is 2.19 bits per heavy atom. The Hall–Kier alpha value is -0.780. The standard InChI is InChI=1S/C11H15N3S2/c1-7(2)9-11(16-14-13-9)10(12-3)8-5-4-6-15-8/h4-7,10,12H,1-3H3. The molecule has 0 bridgehead atoms. The van der Waals surface area contributed by atoms with Gasteiger partial charge in [0.15, 0.2) is 0 Å². The lowest BCUT2D eigenvalue weighted by Gasteiger charge is -2.14. The molecule has 0 saturated carbocycles. The van der Waals surface area contributed by atoms with E-state index in [-0.39, 0.29) is 6.04 Å². The zero-order valence-electron chi connectivity index (χ0n) is 9.60. The van der Waals surface area contributed by atoms with Crippen LogP contribution in [0, 0.1) is 0 Å². The summed E-state index contributed by atoms with van der Waals surface area (Å²) in [5.41, 5.74) is 1.11. The largest absolute Gasteiger partial charge is 0.308 e. The van der Waals surface area contributed by atoms with Gasteiger partial charge in [-0.05, 0) is 35.9 Å². The topological polar surface area (TPSA) is 37.8 Å². The number of hydrogen-bond donors (Lipinski definition) is 1. The van der Waals surface area contributed by atoms with Gasteiger partial charge in [-0.15, -0.1) is 16.4 Å². The van der Waals surface area contributed by atoms with Crippen molar-refractivity contribution in [2.24, 2.45) is 0 Å². The predicted molar refractivity (Wildman–Crippen MR) is 69.2 cm³/mol. The summed E-state index contributed by atoms with van der Waals surface area (Å²) >= 11 is 3.25. The second-order valence-corrected chi connectivity index (χ2v) is 5.68. The van der Waals surface area contributed by atoms with E-state index in [2.05, 4.69) is 46.3 Å². The van der Waals surface area contributed by atoms with Gasteiger partial charge in [-0.3, -0.25) is 0 Å². The van der Waals surface area contributed by atoms with E-state index >= 15 is 0 Å². The van der Waals surface area contributed by atoms with Gasteiger partial charge in [-0.25, -0.2) is 0 Å². The Labute approximate surface area is 104 Å². The average molecular weight is 253 g/mol. The predicted octanol–water partition coefficient (Wildman–Crippen LogP) is 3.03. The van der Waals surface area contributed by atoms with Crippen LogP contribution in [0.2, 0.25) is 0 Å². The number of nitrogens with zero attached hydrogens (tertiary/aromatic N) is 2. The first-order valence-electron chi connectivity index (χ1n) is 5.26. The third-order valence-corrected chi connectivity index (χ3v) is 4.21. The molecule has 0 saturated heterocycles. The maximum absolute atomic E-state index is 4.23. The van der Waals surface area contributed by atoms with Crippen molar-refractivity contribution in [3.8, 4) is 0 Å². The summed E-state index contributed by atoms with van der Waals surface area (Å²) in [6.45, 7) is 4.31. The molecule has 0 aliphatic carbocycles. The summed E-state index contributed by atoms with van der Waals surface area (Å²) < 4.78 is 4.08. The minimum absolute atomic E-state index is 0.234. The molecule has 5 heteroatoms. The van der Waals surface area contributed by atoms with Crippen molar-refractivity contribution < 1.29 is 0 Å². The van der Waals surface area contributed by atoms with Crippen LogP contribution < -0.4 is 5.32 Å². The summed E-state index contributed by atoms with van der Waals surface area (Å²) in [7, 11) is 1.98. The van der Waals surface area contributed by atoms with Gasteiger partial charge in [0.25, 0.3) is 0 Å². The third kappa shape index (κ3) is 2.16. The Kier molecular flexibility index (Phi) is 3.68. The lowest BCUT2D eigenvalue weighted by atomic mass is 10.1. The molecule has 2 aromatic rings. The molecule has 0 radical (unpaired) electrons. The normalized spacial score (nSPS) is 13.2. The summed E-state index contributed by atoms with van der Waals surface area (Å²) in [5.74, 6) is 0.421. The molecule has 1 N–H and O–H groups in total. The first kappa shape index (κ1) is 11.7. The molecule has 0 spiro atoms. The minimum atomic E-state index is 0.234. The quantitative estimate of drug-likeness (QED) is 0.910. The minimum Gasteiger partial charge on any atom is -0.308 e. The summed E-state index contributed by atoms with van der Waals surface area (Å²) in [5, 5.41) is 9.67. The first-order chi connectivity index (χ1) is 7.74. The lowest BCUT2D eigenvalue weighted by Crippen LogP contribution is -2.17. The van der Waals surface area contributed by atoms with Gasteiger partial charge in [0.05, 0.1) is 16.6 Å². The van der Waals surface area contributed by atoms with Crippen LogP contribution in [0.1, 0.15) is 41.3 Å². The molecule has 2 heterocycles. The van der Waals surface area contributed by atoms with Crippen LogP contribution in [-0.4, -0.2) is 16.6 Å². The van der Waals surface area contributed by atoms with Crippen molar-refractivity contribution in [2.45, 2.75) is 25.8 Å². The van der Waals surface area contributed by atoms with E-state index in [0.717, 1.165) is 5.69 Å². The van der Waals surface area contributed by atoms with Gasteiger partial charge in [0, 0.05) is 4.88 Å². The van der Waals surface area contributed by atoms with E-state index in [1.165, 1.54) is 21.3 Å². The maximum Gasteiger partial charge on any atom is 0.0832 e. The molecule has 0 amide bonds. The van der Waals surface area contributed by atoms with Gasteiger partial charge in [-0.2, -0.15) is 0 Å². The van der Waals surface area contributed by atoms with Crippen molar-refractivity contribution in [2.75, 3.05) is 7.05 Å². The SMILES string of the molecule is CNC(c1cccs1)c1snnc1C(C)C. The van der Waals surface area contributed by atoms with Crippen molar-refractivity contribution in [3.05, 3.63) is 33.0 Å². The maximum atomic E-state index is 4.23. The van der Waals surface area contributed by atoms with Crippen LogP contribution in [0.25, 0.3) is 0 Å². The number of thiophene rings is 1. The fourth-order valence-electron chi connectivity index (χ4n) is 1.66. The summed E-state index contributed by atoms with van der Waals surface area (Å²) in [6, 6.07) is 4.46. The summed E-state index contributed by atoms with van der Waals surface area (Å²) in [4.78, 5) is 2.55. The monoisotopic (exact) mass is 253 g/mol.